The number of likely N-dealkylation sites (N-methyl/N-ethyl adjacent to an activating group) is 1. The van der Waals surface area contributed by atoms with Gasteiger partial charge in [0.05, 0.1) is 12.6 Å². The Labute approximate surface area is 128 Å². The minimum atomic E-state index is -0.778. The molecule has 21 heavy (non-hydrogen) atoms. The molecule has 1 amide bonds. The number of rotatable bonds is 4. The molecular formula is C16H28N4O. The molecule has 5 heteroatoms. The number of carbonyl (C=O) groups excluding carboxylic acids is 1. The van der Waals surface area contributed by atoms with Crippen molar-refractivity contribution < 1.29 is 4.79 Å². The first-order valence-corrected chi connectivity index (χ1v) is 8.00. The Morgan fingerprint density at radius 3 is 2.71 bits per heavy atom. The van der Waals surface area contributed by atoms with E-state index in [4.69, 9.17) is 0 Å². The molecule has 1 N–H and O–H groups in total. The van der Waals surface area contributed by atoms with Crippen LogP contribution >= 0.6 is 0 Å². The van der Waals surface area contributed by atoms with Crippen LogP contribution in [-0.2, 0) is 4.79 Å². The maximum Gasteiger partial charge on any atom is 0.235 e. The molecule has 2 aliphatic rings. The smallest absolute Gasteiger partial charge is 0.235 e. The predicted molar refractivity (Wildman–Crippen MR) is 82.6 cm³/mol. The lowest BCUT2D eigenvalue weighted by Crippen LogP contribution is -2.54. The number of carbonyl (C=O) groups is 1. The highest BCUT2D eigenvalue weighted by Crippen LogP contribution is 2.30. The van der Waals surface area contributed by atoms with Crippen molar-refractivity contribution in [3.63, 3.8) is 0 Å². The molecule has 0 aromatic carbocycles. The summed E-state index contributed by atoms with van der Waals surface area (Å²) in [5.74, 6) is 0.807. The zero-order valence-corrected chi connectivity index (χ0v) is 13.7. The fourth-order valence-corrected chi connectivity index (χ4v) is 3.40. The number of hydrogen-bond acceptors (Lipinski definition) is 4. The number of amides is 1. The molecule has 0 radical (unpaired) electrons. The van der Waals surface area contributed by atoms with Crippen LogP contribution in [0.1, 0.15) is 33.6 Å². The maximum atomic E-state index is 12.3. The summed E-state index contributed by atoms with van der Waals surface area (Å²) >= 11 is 0. The van der Waals surface area contributed by atoms with Crippen molar-refractivity contribution >= 4 is 5.91 Å². The molecule has 0 saturated carbocycles. The molecule has 2 fully saturated rings. The predicted octanol–water partition coefficient (Wildman–Crippen LogP) is 1.07. The van der Waals surface area contributed by atoms with Crippen LogP contribution < -0.4 is 5.32 Å². The Hall–Kier alpha value is -1.12. The molecule has 0 spiro atoms. The van der Waals surface area contributed by atoms with Gasteiger partial charge in [0.1, 0.15) is 5.54 Å². The summed E-state index contributed by atoms with van der Waals surface area (Å²) in [7, 11) is 2.15. The van der Waals surface area contributed by atoms with E-state index in [9.17, 15) is 10.1 Å². The van der Waals surface area contributed by atoms with Gasteiger partial charge in [0, 0.05) is 12.6 Å². The van der Waals surface area contributed by atoms with Crippen molar-refractivity contribution in [3.05, 3.63) is 0 Å². The number of hydrogen-bond donors (Lipinski definition) is 1. The van der Waals surface area contributed by atoms with E-state index in [1.807, 2.05) is 13.8 Å². The number of piperidine rings is 1. The fraction of sp³-hybridized carbons (Fsp3) is 0.875. The summed E-state index contributed by atoms with van der Waals surface area (Å²) in [6.45, 7) is 9.37. The lowest BCUT2D eigenvalue weighted by molar-refractivity contribution is -0.124. The largest absolute Gasteiger partial charge is 0.337 e. The van der Waals surface area contributed by atoms with Crippen molar-refractivity contribution in [2.24, 2.45) is 11.8 Å². The Bertz CT molecular complexity index is 430. The molecule has 2 saturated heterocycles. The van der Waals surface area contributed by atoms with Gasteiger partial charge >= 0.3 is 0 Å². The number of nitrogens with zero attached hydrogens (tertiary/aromatic N) is 3. The average molecular weight is 292 g/mol. The zero-order chi connectivity index (χ0) is 15.6. The topological polar surface area (TPSA) is 59.4 Å². The molecule has 3 unspecified atom stereocenters. The van der Waals surface area contributed by atoms with E-state index < -0.39 is 5.54 Å². The van der Waals surface area contributed by atoms with Crippen LogP contribution in [0.4, 0.5) is 0 Å². The maximum absolute atomic E-state index is 12.3. The second-order valence-corrected chi connectivity index (χ2v) is 7.15. The second kappa shape index (κ2) is 6.33. The minimum absolute atomic E-state index is 0.0263. The fourth-order valence-electron chi connectivity index (χ4n) is 3.40. The Kier molecular flexibility index (Phi) is 4.90. The van der Waals surface area contributed by atoms with Gasteiger partial charge in [-0.05, 0) is 51.7 Å². The molecule has 118 valence electrons. The highest BCUT2D eigenvalue weighted by atomic mass is 16.2. The Morgan fingerprint density at radius 1 is 1.43 bits per heavy atom. The third-order valence-corrected chi connectivity index (χ3v) is 5.31. The lowest BCUT2D eigenvalue weighted by Gasteiger charge is -2.37. The summed E-state index contributed by atoms with van der Waals surface area (Å²) in [6.07, 6.45) is 2.44. The highest BCUT2D eigenvalue weighted by molar-refractivity contribution is 5.79. The number of nitriles is 1. The summed E-state index contributed by atoms with van der Waals surface area (Å²) in [5, 5.41) is 12.2. The van der Waals surface area contributed by atoms with Crippen LogP contribution in [0.25, 0.3) is 0 Å². The second-order valence-electron chi connectivity index (χ2n) is 7.15. The monoisotopic (exact) mass is 292 g/mol. The lowest BCUT2D eigenvalue weighted by atomic mass is 9.90. The average Bonchev–Trinajstić information content (AvgIpc) is 2.80. The number of likely N-dealkylation sites (tertiary alicyclic amines) is 2. The number of nitrogens with one attached hydrogen (secondary N) is 1. The van der Waals surface area contributed by atoms with Gasteiger partial charge in [0.25, 0.3) is 0 Å². The summed E-state index contributed by atoms with van der Waals surface area (Å²) < 4.78 is 0. The molecule has 0 bridgehead atoms. The van der Waals surface area contributed by atoms with Gasteiger partial charge in [-0.1, -0.05) is 13.8 Å². The van der Waals surface area contributed by atoms with Gasteiger partial charge in [0.15, 0.2) is 0 Å². The SMILES string of the molecule is CC(C)C(C)(C#N)NC(=O)CN1CCC2CCN(C)CC21. The van der Waals surface area contributed by atoms with Crippen molar-refractivity contribution in [2.45, 2.75) is 45.2 Å². The van der Waals surface area contributed by atoms with E-state index in [1.165, 1.54) is 19.4 Å². The van der Waals surface area contributed by atoms with E-state index in [0.717, 1.165) is 19.0 Å². The molecule has 3 atom stereocenters. The Morgan fingerprint density at radius 2 is 2.10 bits per heavy atom. The first kappa shape index (κ1) is 16.3. The third-order valence-electron chi connectivity index (χ3n) is 5.31. The molecule has 0 aromatic rings. The molecule has 5 nitrogen and oxygen atoms in total. The molecule has 2 aliphatic heterocycles. The quantitative estimate of drug-likeness (QED) is 0.842. The summed E-state index contributed by atoms with van der Waals surface area (Å²) in [5.41, 5.74) is -0.778. The van der Waals surface area contributed by atoms with Gasteiger partial charge in [-0.3, -0.25) is 9.69 Å². The van der Waals surface area contributed by atoms with Crippen LogP contribution in [0.5, 0.6) is 0 Å². The Balaban J connectivity index is 1.93. The first-order valence-electron chi connectivity index (χ1n) is 8.00. The highest BCUT2D eigenvalue weighted by Gasteiger charge is 2.39. The van der Waals surface area contributed by atoms with Crippen LogP contribution in [0.15, 0.2) is 0 Å². The van der Waals surface area contributed by atoms with Gasteiger partial charge in [-0.15, -0.1) is 0 Å². The van der Waals surface area contributed by atoms with Crippen LogP contribution in [0.2, 0.25) is 0 Å². The minimum Gasteiger partial charge on any atom is -0.337 e. The summed E-state index contributed by atoms with van der Waals surface area (Å²) in [6, 6.07) is 2.74. The van der Waals surface area contributed by atoms with E-state index >= 15 is 0 Å². The van der Waals surface area contributed by atoms with E-state index in [1.54, 1.807) is 6.92 Å². The van der Waals surface area contributed by atoms with E-state index in [2.05, 4.69) is 28.2 Å². The van der Waals surface area contributed by atoms with Crippen molar-refractivity contribution in [1.82, 2.24) is 15.1 Å². The molecule has 2 heterocycles. The van der Waals surface area contributed by atoms with Gasteiger partial charge in [-0.25, -0.2) is 0 Å². The van der Waals surface area contributed by atoms with E-state index in [-0.39, 0.29) is 11.8 Å². The van der Waals surface area contributed by atoms with Gasteiger partial charge < -0.3 is 10.2 Å². The van der Waals surface area contributed by atoms with E-state index in [0.29, 0.717) is 12.6 Å². The third kappa shape index (κ3) is 3.56. The van der Waals surface area contributed by atoms with Gasteiger partial charge in [-0.2, -0.15) is 5.26 Å². The molecule has 0 aromatic heterocycles. The zero-order valence-electron chi connectivity index (χ0n) is 13.7. The van der Waals surface area contributed by atoms with Crippen molar-refractivity contribution in [2.75, 3.05) is 33.2 Å². The molecule has 0 aliphatic carbocycles. The van der Waals surface area contributed by atoms with Crippen molar-refractivity contribution in [3.8, 4) is 6.07 Å². The first-order chi connectivity index (χ1) is 9.85. The molecular weight excluding hydrogens is 264 g/mol. The molecule has 2 rings (SSSR count). The van der Waals surface area contributed by atoms with Crippen LogP contribution in [-0.4, -0.2) is 60.5 Å². The summed E-state index contributed by atoms with van der Waals surface area (Å²) in [4.78, 5) is 17.0. The van der Waals surface area contributed by atoms with Crippen LogP contribution in [0.3, 0.4) is 0 Å². The van der Waals surface area contributed by atoms with Crippen molar-refractivity contribution in [1.29, 1.82) is 5.26 Å². The standard InChI is InChI=1S/C16H28N4O/c1-12(2)16(3,11-17)18-15(21)10-20-8-6-13-5-7-19(4)9-14(13)20/h12-14H,5-10H2,1-4H3,(H,18,21). The number of fused-ring (bicyclic) bond motifs is 1. The van der Waals surface area contributed by atoms with Crippen LogP contribution in [0, 0.1) is 23.2 Å². The van der Waals surface area contributed by atoms with Gasteiger partial charge in [0.2, 0.25) is 5.91 Å². The normalized spacial score (nSPS) is 29.7.